The second-order valence-electron chi connectivity index (χ2n) is 4.97. The predicted molar refractivity (Wildman–Crippen MR) is 83.3 cm³/mol. The van der Waals surface area contributed by atoms with Crippen molar-refractivity contribution in [3.05, 3.63) is 46.5 Å². The molecule has 0 unspecified atom stereocenters. The maximum atomic E-state index is 5.92. The van der Waals surface area contributed by atoms with Crippen molar-refractivity contribution in [3.63, 3.8) is 0 Å². The Bertz CT molecular complexity index is 531. The van der Waals surface area contributed by atoms with Crippen LogP contribution in [0, 0.1) is 27.7 Å². The van der Waals surface area contributed by atoms with E-state index in [0.717, 1.165) is 23.0 Å². The SMILES string of the molecule is CC.Cc1cc2c(cc1C)Oc1cc(C)c(C)cc1O2. The van der Waals surface area contributed by atoms with E-state index < -0.39 is 0 Å². The Kier molecular flexibility index (Phi) is 4.03. The van der Waals surface area contributed by atoms with E-state index in [-0.39, 0.29) is 0 Å². The van der Waals surface area contributed by atoms with Crippen molar-refractivity contribution >= 4 is 0 Å². The maximum absolute atomic E-state index is 5.92. The molecule has 0 fully saturated rings. The average Bonchev–Trinajstić information content (AvgIpc) is 2.42. The zero-order chi connectivity index (χ0) is 14.9. The number of ether oxygens (including phenoxy) is 2. The topological polar surface area (TPSA) is 18.5 Å². The van der Waals surface area contributed by atoms with Gasteiger partial charge in [-0.2, -0.15) is 0 Å². The van der Waals surface area contributed by atoms with Crippen LogP contribution in [-0.2, 0) is 0 Å². The van der Waals surface area contributed by atoms with Crippen LogP contribution in [0.4, 0.5) is 0 Å². The Morgan fingerprint density at radius 1 is 0.500 bits per heavy atom. The molecule has 0 amide bonds. The second kappa shape index (κ2) is 5.58. The highest BCUT2D eigenvalue weighted by molar-refractivity contribution is 5.58. The predicted octanol–water partition coefficient (Wildman–Crippen LogP) is 5.84. The zero-order valence-electron chi connectivity index (χ0n) is 13.1. The smallest absolute Gasteiger partial charge is 0.170 e. The van der Waals surface area contributed by atoms with Gasteiger partial charge >= 0.3 is 0 Å². The molecular weight excluding hydrogens is 248 g/mol. The van der Waals surface area contributed by atoms with Crippen molar-refractivity contribution < 1.29 is 9.47 Å². The van der Waals surface area contributed by atoms with E-state index in [0.29, 0.717) is 0 Å². The molecule has 1 heterocycles. The molecule has 2 aromatic rings. The van der Waals surface area contributed by atoms with Gasteiger partial charge in [0.15, 0.2) is 23.0 Å². The molecule has 2 aromatic carbocycles. The third-order valence-corrected chi connectivity index (χ3v) is 3.56. The lowest BCUT2D eigenvalue weighted by molar-refractivity contribution is 0.358. The zero-order valence-corrected chi connectivity index (χ0v) is 13.1. The highest BCUT2D eigenvalue weighted by Crippen LogP contribution is 2.46. The number of rotatable bonds is 0. The van der Waals surface area contributed by atoms with Crippen molar-refractivity contribution in [2.75, 3.05) is 0 Å². The first kappa shape index (κ1) is 14.4. The molecule has 0 atom stereocenters. The summed E-state index contributed by atoms with van der Waals surface area (Å²) in [6, 6.07) is 8.12. The van der Waals surface area contributed by atoms with Crippen molar-refractivity contribution in [2.45, 2.75) is 41.5 Å². The lowest BCUT2D eigenvalue weighted by Gasteiger charge is -2.22. The van der Waals surface area contributed by atoms with Gasteiger partial charge in [0.05, 0.1) is 0 Å². The Hall–Kier alpha value is -1.96. The molecule has 1 aliphatic rings. The van der Waals surface area contributed by atoms with Crippen molar-refractivity contribution in [2.24, 2.45) is 0 Å². The molecule has 0 radical (unpaired) electrons. The summed E-state index contributed by atoms with van der Waals surface area (Å²) in [6.45, 7) is 12.3. The molecule has 0 saturated carbocycles. The summed E-state index contributed by atoms with van der Waals surface area (Å²) in [6.07, 6.45) is 0. The molecule has 106 valence electrons. The normalized spacial score (nSPS) is 11.3. The lowest BCUT2D eigenvalue weighted by atomic mass is 10.1. The summed E-state index contributed by atoms with van der Waals surface area (Å²) in [5.74, 6) is 3.20. The molecule has 2 nitrogen and oxygen atoms in total. The van der Waals surface area contributed by atoms with Crippen molar-refractivity contribution in [1.82, 2.24) is 0 Å². The molecular formula is C18H22O2. The molecule has 2 heteroatoms. The van der Waals surface area contributed by atoms with Crippen molar-refractivity contribution in [3.8, 4) is 23.0 Å². The fraction of sp³-hybridized carbons (Fsp3) is 0.333. The summed E-state index contributed by atoms with van der Waals surface area (Å²) in [7, 11) is 0. The molecule has 0 saturated heterocycles. The highest BCUT2D eigenvalue weighted by Gasteiger charge is 2.20. The van der Waals surface area contributed by atoms with Gasteiger partial charge in [0.2, 0.25) is 0 Å². The fourth-order valence-corrected chi connectivity index (χ4v) is 2.08. The average molecular weight is 270 g/mol. The minimum absolute atomic E-state index is 0.800. The Labute approximate surface area is 121 Å². The number of hydrogen-bond acceptors (Lipinski definition) is 2. The maximum Gasteiger partial charge on any atom is 0.170 e. The van der Waals surface area contributed by atoms with Crippen LogP contribution in [0.25, 0.3) is 0 Å². The summed E-state index contributed by atoms with van der Waals surface area (Å²) in [4.78, 5) is 0. The Balaban J connectivity index is 0.000000704. The minimum Gasteiger partial charge on any atom is -0.449 e. The first-order valence-electron chi connectivity index (χ1n) is 7.13. The largest absolute Gasteiger partial charge is 0.449 e. The molecule has 0 spiro atoms. The number of fused-ring (bicyclic) bond motifs is 2. The first-order valence-corrected chi connectivity index (χ1v) is 7.13. The van der Waals surface area contributed by atoms with Crippen LogP contribution >= 0.6 is 0 Å². The standard InChI is InChI=1S/C16H16O2.C2H6/c1-9-5-13-14(6-10(9)2)18-16-8-12(4)11(3)7-15(16)17-13;1-2/h5-8H,1-4H3;1-2H3. The number of aryl methyl sites for hydroxylation is 4. The summed E-state index contributed by atoms with van der Waals surface area (Å²) < 4.78 is 11.8. The van der Waals surface area contributed by atoms with Gasteiger partial charge in [-0.1, -0.05) is 13.8 Å². The molecule has 3 rings (SSSR count). The van der Waals surface area contributed by atoms with Crippen LogP contribution in [0.5, 0.6) is 23.0 Å². The van der Waals surface area contributed by atoms with Gasteiger partial charge < -0.3 is 9.47 Å². The molecule has 20 heavy (non-hydrogen) atoms. The van der Waals surface area contributed by atoms with Gasteiger partial charge in [-0.05, 0) is 74.2 Å². The Morgan fingerprint density at radius 3 is 0.900 bits per heavy atom. The quantitative estimate of drug-likeness (QED) is 0.510. The summed E-state index contributed by atoms with van der Waals surface area (Å²) in [5.41, 5.74) is 4.85. The van der Waals surface area contributed by atoms with E-state index in [2.05, 4.69) is 27.7 Å². The molecule has 0 N–H and O–H groups in total. The molecule has 1 aliphatic heterocycles. The van der Waals surface area contributed by atoms with Crippen LogP contribution in [0.2, 0.25) is 0 Å². The molecule has 0 aliphatic carbocycles. The van der Waals surface area contributed by atoms with Gasteiger partial charge in [0.1, 0.15) is 0 Å². The van der Waals surface area contributed by atoms with Crippen LogP contribution in [0.3, 0.4) is 0 Å². The van der Waals surface area contributed by atoms with E-state index in [1.54, 1.807) is 0 Å². The van der Waals surface area contributed by atoms with Gasteiger partial charge in [-0.3, -0.25) is 0 Å². The monoisotopic (exact) mass is 270 g/mol. The van der Waals surface area contributed by atoms with E-state index >= 15 is 0 Å². The van der Waals surface area contributed by atoms with Gasteiger partial charge in [-0.25, -0.2) is 0 Å². The van der Waals surface area contributed by atoms with Crippen molar-refractivity contribution in [1.29, 1.82) is 0 Å². The number of hydrogen-bond donors (Lipinski definition) is 0. The van der Waals surface area contributed by atoms with Crippen LogP contribution in [0.15, 0.2) is 24.3 Å². The van der Waals surface area contributed by atoms with E-state index in [1.807, 2.05) is 38.1 Å². The third-order valence-electron chi connectivity index (χ3n) is 3.56. The minimum atomic E-state index is 0.800. The van der Waals surface area contributed by atoms with Gasteiger partial charge in [-0.15, -0.1) is 0 Å². The van der Waals surface area contributed by atoms with E-state index in [9.17, 15) is 0 Å². The van der Waals surface area contributed by atoms with Crippen LogP contribution in [0.1, 0.15) is 36.1 Å². The second-order valence-corrected chi connectivity index (χ2v) is 4.97. The lowest BCUT2D eigenvalue weighted by Crippen LogP contribution is -2.01. The van der Waals surface area contributed by atoms with E-state index in [4.69, 9.17) is 9.47 Å². The summed E-state index contributed by atoms with van der Waals surface area (Å²) >= 11 is 0. The molecule has 0 bridgehead atoms. The molecule has 0 aromatic heterocycles. The van der Waals surface area contributed by atoms with E-state index in [1.165, 1.54) is 22.3 Å². The first-order chi connectivity index (χ1) is 9.54. The fourth-order valence-electron chi connectivity index (χ4n) is 2.08. The Morgan fingerprint density at radius 2 is 0.700 bits per heavy atom. The van der Waals surface area contributed by atoms with Gasteiger partial charge in [0.25, 0.3) is 0 Å². The summed E-state index contributed by atoms with van der Waals surface area (Å²) in [5, 5.41) is 0. The number of benzene rings is 2. The van der Waals surface area contributed by atoms with Crippen LogP contribution < -0.4 is 9.47 Å². The highest BCUT2D eigenvalue weighted by atomic mass is 16.6. The third kappa shape index (κ3) is 2.51. The van der Waals surface area contributed by atoms with Crippen LogP contribution in [-0.4, -0.2) is 0 Å². The van der Waals surface area contributed by atoms with Gasteiger partial charge in [0, 0.05) is 0 Å².